The van der Waals surface area contributed by atoms with Crippen molar-refractivity contribution in [3.8, 4) is 0 Å². The van der Waals surface area contributed by atoms with Crippen LogP contribution in [0.25, 0.3) is 0 Å². The van der Waals surface area contributed by atoms with Crippen LogP contribution in [-0.4, -0.2) is 17.3 Å². The molecule has 1 heterocycles. The summed E-state index contributed by atoms with van der Waals surface area (Å²) in [6, 6.07) is 0. The fourth-order valence-electron chi connectivity index (χ4n) is 1.86. The van der Waals surface area contributed by atoms with Crippen LogP contribution in [0.4, 0.5) is 0 Å². The lowest BCUT2D eigenvalue weighted by atomic mass is 10.1. The molecule has 0 amide bonds. The molecule has 1 aliphatic rings. The molecule has 0 aromatic carbocycles. The van der Waals surface area contributed by atoms with Crippen LogP contribution in [0.3, 0.4) is 0 Å². The molecule has 0 aromatic heterocycles. The molecule has 1 aliphatic heterocycles. The molecule has 3 nitrogen and oxygen atoms in total. The van der Waals surface area contributed by atoms with Gasteiger partial charge in [-0.15, -0.1) is 0 Å². The number of amidine groups is 1. The number of nitrogens with zero attached hydrogens (tertiary/aromatic N) is 2. The second-order valence-electron chi connectivity index (χ2n) is 4.59. The van der Waals surface area contributed by atoms with Gasteiger partial charge in [-0.2, -0.15) is 0 Å². The molecule has 17 heavy (non-hydrogen) atoms. The highest BCUT2D eigenvalue weighted by molar-refractivity contribution is 6.25. The second-order valence-corrected chi connectivity index (χ2v) is 5.20. The summed E-state index contributed by atoms with van der Waals surface area (Å²) < 4.78 is 0. The Balaban J connectivity index is 2.42. The normalized spacial score (nSPS) is 23.4. The van der Waals surface area contributed by atoms with E-state index in [0.29, 0.717) is 0 Å². The molecule has 0 spiro atoms. The van der Waals surface area contributed by atoms with Gasteiger partial charge in [0.25, 0.3) is 0 Å². The average molecular weight is 258 g/mol. The number of unbranched alkanes of at least 4 members (excludes halogenated alkanes) is 4. The van der Waals surface area contributed by atoms with Crippen molar-refractivity contribution < 1.29 is 0 Å². The molecule has 0 fully saturated rings. The van der Waals surface area contributed by atoms with Gasteiger partial charge in [0.05, 0.1) is 6.34 Å². The Morgan fingerprint density at radius 1 is 1.18 bits per heavy atom. The van der Waals surface area contributed by atoms with Crippen molar-refractivity contribution in [1.82, 2.24) is 5.32 Å². The summed E-state index contributed by atoms with van der Waals surface area (Å²) in [5.41, 5.74) is 0. The van der Waals surface area contributed by atoms with E-state index in [1.54, 1.807) is 6.34 Å². The zero-order valence-electron chi connectivity index (χ0n) is 11.0. The zero-order valence-corrected chi connectivity index (χ0v) is 11.8. The van der Waals surface area contributed by atoms with Crippen molar-refractivity contribution in [3.63, 3.8) is 0 Å². The van der Waals surface area contributed by atoms with Crippen LogP contribution in [0, 0.1) is 0 Å². The summed E-state index contributed by atoms with van der Waals surface area (Å²) in [6.45, 7) is 4.39. The number of hydrogen-bond acceptors (Lipinski definition) is 3. The van der Waals surface area contributed by atoms with E-state index in [9.17, 15) is 0 Å². The largest absolute Gasteiger partial charge is 0.335 e. The second kappa shape index (κ2) is 7.70. The third-order valence-electron chi connectivity index (χ3n) is 2.92. The molecule has 4 heteroatoms. The van der Waals surface area contributed by atoms with Crippen molar-refractivity contribution in [2.75, 3.05) is 0 Å². The molecule has 0 aromatic rings. The Morgan fingerprint density at radius 2 is 1.88 bits per heavy atom. The Morgan fingerprint density at radius 3 is 2.59 bits per heavy atom. The minimum Gasteiger partial charge on any atom is -0.335 e. The average Bonchev–Trinajstić information content (AvgIpc) is 2.30. The van der Waals surface area contributed by atoms with E-state index < -0.39 is 5.12 Å². The summed E-state index contributed by atoms with van der Waals surface area (Å²) in [5, 5.41) is 2.36. The van der Waals surface area contributed by atoms with E-state index in [4.69, 9.17) is 11.6 Å². The minimum absolute atomic E-state index is 0.734. The smallest absolute Gasteiger partial charge is 0.228 e. The molecule has 0 radical (unpaired) electrons. The van der Waals surface area contributed by atoms with Gasteiger partial charge in [0, 0.05) is 12.8 Å². The standard InChI is InChI=1S/C13H24ClN3/c1-3-5-7-9-12-15-11-16-13(14,17-12)10-8-6-4-2/h11H,3-10H2,1-2H3,(H,15,16,17). The molecule has 1 N–H and O–H groups in total. The maximum absolute atomic E-state index is 6.39. The maximum Gasteiger partial charge on any atom is 0.228 e. The van der Waals surface area contributed by atoms with E-state index in [0.717, 1.165) is 31.5 Å². The van der Waals surface area contributed by atoms with Gasteiger partial charge in [-0.05, 0) is 12.8 Å². The van der Waals surface area contributed by atoms with Crippen molar-refractivity contribution in [2.45, 2.75) is 70.3 Å². The van der Waals surface area contributed by atoms with Gasteiger partial charge in [-0.3, -0.25) is 0 Å². The summed E-state index contributed by atoms with van der Waals surface area (Å²) in [4.78, 5) is 8.78. The van der Waals surface area contributed by atoms with E-state index in [2.05, 4.69) is 29.1 Å². The molecule has 1 rings (SSSR count). The lowest BCUT2D eigenvalue weighted by molar-refractivity contribution is 0.523. The molecular weight excluding hydrogens is 234 g/mol. The predicted octanol–water partition coefficient (Wildman–Crippen LogP) is 4.07. The van der Waals surface area contributed by atoms with E-state index in [1.165, 1.54) is 25.7 Å². The van der Waals surface area contributed by atoms with E-state index in [1.807, 2.05) is 0 Å². The van der Waals surface area contributed by atoms with Crippen LogP contribution in [0.5, 0.6) is 0 Å². The van der Waals surface area contributed by atoms with Gasteiger partial charge in [0.1, 0.15) is 5.84 Å². The fraction of sp³-hybridized carbons (Fsp3) is 0.846. The van der Waals surface area contributed by atoms with Gasteiger partial charge in [0.15, 0.2) is 0 Å². The molecule has 98 valence electrons. The van der Waals surface area contributed by atoms with Crippen molar-refractivity contribution in [2.24, 2.45) is 9.98 Å². The SMILES string of the molecule is CCCCCC1=NC(Cl)(CCCCC)N=CN1. The first kappa shape index (κ1) is 14.5. The van der Waals surface area contributed by atoms with Crippen molar-refractivity contribution >= 4 is 23.8 Å². The van der Waals surface area contributed by atoms with Gasteiger partial charge in [-0.25, -0.2) is 9.98 Å². The Kier molecular flexibility index (Phi) is 6.56. The van der Waals surface area contributed by atoms with E-state index >= 15 is 0 Å². The van der Waals surface area contributed by atoms with Gasteiger partial charge >= 0.3 is 0 Å². The molecule has 1 atom stereocenters. The number of hydrogen-bond donors (Lipinski definition) is 1. The van der Waals surface area contributed by atoms with Crippen molar-refractivity contribution in [3.05, 3.63) is 0 Å². The zero-order chi connectivity index (χ0) is 12.6. The summed E-state index contributed by atoms with van der Waals surface area (Å²) in [6.07, 6.45) is 10.6. The Bertz CT molecular complexity index is 276. The highest BCUT2D eigenvalue weighted by Crippen LogP contribution is 2.28. The molecule has 1 unspecified atom stereocenters. The number of nitrogens with one attached hydrogen (secondary N) is 1. The Hall–Kier alpha value is -0.570. The quantitative estimate of drug-likeness (QED) is 0.397. The lowest BCUT2D eigenvalue weighted by Crippen LogP contribution is -2.33. The monoisotopic (exact) mass is 257 g/mol. The number of aliphatic imine (C=N–C) groups is 2. The highest BCUT2D eigenvalue weighted by Gasteiger charge is 2.26. The summed E-state index contributed by atoms with van der Waals surface area (Å²) >= 11 is 6.39. The first-order valence-electron chi connectivity index (χ1n) is 6.78. The topological polar surface area (TPSA) is 36.8 Å². The number of rotatable bonds is 8. The fourth-order valence-corrected chi connectivity index (χ4v) is 2.15. The summed E-state index contributed by atoms with van der Waals surface area (Å²) in [7, 11) is 0. The molecular formula is C13H24ClN3. The number of alkyl halides is 1. The minimum atomic E-state index is -0.734. The molecule has 0 saturated heterocycles. The van der Waals surface area contributed by atoms with Crippen LogP contribution in [-0.2, 0) is 0 Å². The molecule has 0 aliphatic carbocycles. The highest BCUT2D eigenvalue weighted by atomic mass is 35.5. The first-order valence-corrected chi connectivity index (χ1v) is 7.16. The van der Waals surface area contributed by atoms with Gasteiger partial charge < -0.3 is 5.32 Å². The summed E-state index contributed by atoms with van der Waals surface area (Å²) in [5.74, 6) is 0.986. The lowest BCUT2D eigenvalue weighted by Gasteiger charge is -2.23. The van der Waals surface area contributed by atoms with Crippen LogP contribution in [0.1, 0.15) is 65.2 Å². The molecule has 0 saturated carbocycles. The van der Waals surface area contributed by atoms with Crippen LogP contribution in [0.15, 0.2) is 9.98 Å². The van der Waals surface area contributed by atoms with Crippen LogP contribution in [0.2, 0.25) is 0 Å². The Labute approximate surface area is 110 Å². The third-order valence-corrected chi connectivity index (χ3v) is 3.29. The number of halogens is 1. The van der Waals surface area contributed by atoms with Gasteiger partial charge in [0.2, 0.25) is 5.12 Å². The van der Waals surface area contributed by atoms with Crippen LogP contribution >= 0.6 is 11.6 Å². The van der Waals surface area contributed by atoms with Crippen LogP contribution < -0.4 is 5.32 Å². The first-order chi connectivity index (χ1) is 8.20. The predicted molar refractivity (Wildman–Crippen MR) is 75.9 cm³/mol. The maximum atomic E-state index is 6.39. The van der Waals surface area contributed by atoms with E-state index in [-0.39, 0.29) is 0 Å². The van der Waals surface area contributed by atoms with Crippen molar-refractivity contribution in [1.29, 1.82) is 0 Å². The van der Waals surface area contributed by atoms with Gasteiger partial charge in [-0.1, -0.05) is 51.1 Å². The third kappa shape index (κ3) is 5.53. The molecule has 0 bridgehead atoms.